The highest BCUT2D eigenvalue weighted by molar-refractivity contribution is 5.75. The number of ether oxygens (including phenoxy) is 2. The number of rotatable bonds is 2. The van der Waals surface area contributed by atoms with E-state index < -0.39 is 12.0 Å². The molecule has 1 aromatic carbocycles. The fourth-order valence-electron chi connectivity index (χ4n) is 2.33. The molecule has 0 spiro atoms. The molecule has 18 heavy (non-hydrogen) atoms. The first-order valence-corrected chi connectivity index (χ1v) is 5.86. The highest BCUT2D eigenvalue weighted by Crippen LogP contribution is 2.34. The van der Waals surface area contributed by atoms with Gasteiger partial charge in [0, 0.05) is 12.5 Å². The van der Waals surface area contributed by atoms with E-state index in [4.69, 9.17) is 14.6 Å². The molecule has 2 aliphatic rings. The summed E-state index contributed by atoms with van der Waals surface area (Å²) >= 11 is 0. The van der Waals surface area contributed by atoms with Crippen molar-refractivity contribution in [2.45, 2.75) is 12.0 Å². The number of carboxylic acids is 1. The number of aliphatic carboxylic acids is 1. The molecule has 2 atom stereocenters. The summed E-state index contributed by atoms with van der Waals surface area (Å²) in [4.78, 5) is 11.1. The summed E-state index contributed by atoms with van der Waals surface area (Å²) in [7, 11) is 0. The molecule has 3 rings (SSSR count). The van der Waals surface area contributed by atoms with Crippen LogP contribution in [0.15, 0.2) is 18.2 Å². The summed E-state index contributed by atoms with van der Waals surface area (Å²) < 4.78 is 10.9. The number of hydrazine groups is 1. The van der Waals surface area contributed by atoms with Crippen LogP contribution in [0.1, 0.15) is 11.5 Å². The standard InChI is InChI=1S/C12H14N2O4/c15-12(16)11-8(6-13-14-11)7-1-2-9-10(5-7)18-4-3-17-9/h1-2,5,8,11,13-14H,3-4,6H2,(H,15,16). The highest BCUT2D eigenvalue weighted by Gasteiger charge is 2.34. The molecular weight excluding hydrogens is 236 g/mol. The molecule has 0 aromatic heterocycles. The topological polar surface area (TPSA) is 79.8 Å². The lowest BCUT2D eigenvalue weighted by Crippen LogP contribution is -2.37. The molecule has 2 unspecified atom stereocenters. The molecule has 2 heterocycles. The summed E-state index contributed by atoms with van der Waals surface area (Å²) in [5, 5.41) is 9.12. The summed E-state index contributed by atoms with van der Waals surface area (Å²) in [6.45, 7) is 1.66. The number of hydrogen-bond donors (Lipinski definition) is 3. The second kappa shape index (κ2) is 4.47. The molecule has 1 saturated heterocycles. The van der Waals surface area contributed by atoms with Gasteiger partial charge in [0.2, 0.25) is 0 Å². The van der Waals surface area contributed by atoms with Crippen LogP contribution in [-0.4, -0.2) is 36.9 Å². The van der Waals surface area contributed by atoms with E-state index in [1.807, 2.05) is 18.2 Å². The van der Waals surface area contributed by atoms with Crippen molar-refractivity contribution in [2.24, 2.45) is 0 Å². The van der Waals surface area contributed by atoms with Crippen molar-refractivity contribution < 1.29 is 19.4 Å². The molecule has 1 aromatic rings. The van der Waals surface area contributed by atoms with E-state index in [9.17, 15) is 4.79 Å². The average molecular weight is 250 g/mol. The van der Waals surface area contributed by atoms with Crippen molar-refractivity contribution in [3.63, 3.8) is 0 Å². The molecule has 0 bridgehead atoms. The summed E-state index contributed by atoms with van der Waals surface area (Å²) in [5.41, 5.74) is 6.58. The predicted molar refractivity (Wildman–Crippen MR) is 62.7 cm³/mol. The Kier molecular flexibility index (Phi) is 2.81. The molecule has 0 aliphatic carbocycles. The Bertz CT molecular complexity index is 477. The van der Waals surface area contributed by atoms with Crippen molar-refractivity contribution in [3.05, 3.63) is 23.8 Å². The second-order valence-corrected chi connectivity index (χ2v) is 4.35. The van der Waals surface area contributed by atoms with Crippen LogP contribution in [0.25, 0.3) is 0 Å². The van der Waals surface area contributed by atoms with Gasteiger partial charge in [-0.1, -0.05) is 6.07 Å². The van der Waals surface area contributed by atoms with E-state index >= 15 is 0 Å². The van der Waals surface area contributed by atoms with E-state index in [0.29, 0.717) is 25.5 Å². The first-order chi connectivity index (χ1) is 8.75. The van der Waals surface area contributed by atoms with Gasteiger partial charge in [0.25, 0.3) is 0 Å². The van der Waals surface area contributed by atoms with E-state index in [1.54, 1.807) is 0 Å². The Morgan fingerprint density at radius 3 is 2.83 bits per heavy atom. The third-order valence-electron chi connectivity index (χ3n) is 3.24. The van der Waals surface area contributed by atoms with Crippen LogP contribution in [-0.2, 0) is 4.79 Å². The number of hydrogen-bond acceptors (Lipinski definition) is 5. The van der Waals surface area contributed by atoms with Crippen LogP contribution in [0.4, 0.5) is 0 Å². The van der Waals surface area contributed by atoms with Crippen molar-refractivity contribution in [3.8, 4) is 11.5 Å². The number of benzene rings is 1. The van der Waals surface area contributed by atoms with Crippen LogP contribution in [0.3, 0.4) is 0 Å². The minimum absolute atomic E-state index is 0.113. The third-order valence-corrected chi connectivity index (χ3v) is 3.24. The summed E-state index contributed by atoms with van der Waals surface area (Å²) in [6.07, 6.45) is 0. The largest absolute Gasteiger partial charge is 0.486 e. The smallest absolute Gasteiger partial charge is 0.322 e. The van der Waals surface area contributed by atoms with Gasteiger partial charge in [0.1, 0.15) is 19.3 Å². The van der Waals surface area contributed by atoms with Gasteiger partial charge in [-0.2, -0.15) is 0 Å². The van der Waals surface area contributed by atoms with Crippen LogP contribution >= 0.6 is 0 Å². The maximum absolute atomic E-state index is 11.1. The van der Waals surface area contributed by atoms with Crippen molar-refractivity contribution in [1.82, 2.24) is 10.9 Å². The lowest BCUT2D eigenvalue weighted by molar-refractivity contribution is -0.139. The Labute approximate surface area is 104 Å². The van der Waals surface area contributed by atoms with Gasteiger partial charge in [0.05, 0.1) is 0 Å². The average Bonchev–Trinajstić information content (AvgIpc) is 2.87. The van der Waals surface area contributed by atoms with Gasteiger partial charge < -0.3 is 14.6 Å². The molecule has 0 radical (unpaired) electrons. The number of carbonyl (C=O) groups is 1. The molecule has 6 nitrogen and oxygen atoms in total. The van der Waals surface area contributed by atoms with E-state index in [2.05, 4.69) is 10.9 Å². The van der Waals surface area contributed by atoms with Crippen LogP contribution < -0.4 is 20.3 Å². The van der Waals surface area contributed by atoms with Gasteiger partial charge in [-0.3, -0.25) is 10.2 Å². The molecule has 0 amide bonds. The monoisotopic (exact) mass is 250 g/mol. The normalized spacial score (nSPS) is 26.0. The maximum atomic E-state index is 11.1. The van der Waals surface area contributed by atoms with E-state index in [1.165, 1.54) is 0 Å². The molecule has 1 fully saturated rings. The quantitative estimate of drug-likeness (QED) is 0.691. The number of nitrogens with one attached hydrogen (secondary N) is 2. The third kappa shape index (κ3) is 1.89. The van der Waals surface area contributed by atoms with Crippen molar-refractivity contribution in [1.29, 1.82) is 0 Å². The van der Waals surface area contributed by atoms with Gasteiger partial charge in [0.15, 0.2) is 11.5 Å². The Balaban J connectivity index is 1.90. The zero-order valence-electron chi connectivity index (χ0n) is 9.68. The van der Waals surface area contributed by atoms with Gasteiger partial charge in [-0.15, -0.1) is 0 Å². The lowest BCUT2D eigenvalue weighted by Gasteiger charge is -2.21. The Morgan fingerprint density at radius 2 is 2.06 bits per heavy atom. The van der Waals surface area contributed by atoms with Gasteiger partial charge >= 0.3 is 5.97 Å². The highest BCUT2D eigenvalue weighted by atomic mass is 16.6. The molecule has 6 heteroatoms. The zero-order valence-corrected chi connectivity index (χ0v) is 9.68. The lowest BCUT2D eigenvalue weighted by atomic mass is 9.93. The van der Waals surface area contributed by atoms with E-state index in [-0.39, 0.29) is 5.92 Å². The van der Waals surface area contributed by atoms with E-state index in [0.717, 1.165) is 11.3 Å². The fraction of sp³-hybridized carbons (Fsp3) is 0.417. The predicted octanol–water partition coefficient (Wildman–Crippen LogP) is 0.102. The Morgan fingerprint density at radius 1 is 1.28 bits per heavy atom. The minimum Gasteiger partial charge on any atom is -0.486 e. The summed E-state index contributed by atoms with van der Waals surface area (Å²) in [6, 6.07) is 4.97. The van der Waals surface area contributed by atoms with Crippen LogP contribution in [0.5, 0.6) is 11.5 Å². The van der Waals surface area contributed by atoms with Crippen LogP contribution in [0, 0.1) is 0 Å². The maximum Gasteiger partial charge on any atom is 0.322 e. The van der Waals surface area contributed by atoms with Crippen molar-refractivity contribution in [2.75, 3.05) is 19.8 Å². The summed E-state index contributed by atoms with van der Waals surface area (Å²) in [5.74, 6) is 0.434. The van der Waals surface area contributed by atoms with Crippen molar-refractivity contribution >= 4 is 5.97 Å². The van der Waals surface area contributed by atoms with Gasteiger partial charge in [-0.05, 0) is 17.7 Å². The zero-order chi connectivity index (χ0) is 12.5. The second-order valence-electron chi connectivity index (χ2n) is 4.35. The van der Waals surface area contributed by atoms with Gasteiger partial charge in [-0.25, -0.2) is 5.43 Å². The first-order valence-electron chi connectivity index (χ1n) is 5.86. The fourth-order valence-corrected chi connectivity index (χ4v) is 2.33. The molecule has 96 valence electrons. The Hall–Kier alpha value is -1.79. The number of carboxylic acid groups (broad SMARTS) is 1. The SMILES string of the molecule is O=C(O)C1NNCC1c1ccc2c(c1)OCCO2. The molecular formula is C12H14N2O4. The minimum atomic E-state index is -0.861. The molecule has 3 N–H and O–H groups in total. The molecule has 0 saturated carbocycles. The number of fused-ring (bicyclic) bond motifs is 1. The first kappa shape index (κ1) is 11.3. The van der Waals surface area contributed by atoms with Crippen LogP contribution in [0.2, 0.25) is 0 Å². The molecule has 2 aliphatic heterocycles.